The second-order valence-electron chi connectivity index (χ2n) is 19.2. The van der Waals surface area contributed by atoms with Crippen LogP contribution in [0.1, 0.15) is 121 Å². The van der Waals surface area contributed by atoms with E-state index in [2.05, 4.69) is 184 Å². The van der Waals surface area contributed by atoms with Gasteiger partial charge in [0.2, 0.25) is 0 Å². The molecule has 0 aliphatic heterocycles. The zero-order valence-corrected chi connectivity index (χ0v) is 37.3. The molecule has 0 aromatic heterocycles. The van der Waals surface area contributed by atoms with Crippen molar-refractivity contribution in [2.24, 2.45) is 0 Å². The standard InChI is InChI=1S/C29H37.C13H10.C8H13Si.Zr/c1-26(2)9-11-28(5,6)24-16-20-18(14-22(24)26)13-19-15-23-25(17-21(19)20)29(7,8)12-10-27(23,3)4;1-3-7-12(8-4-1)11-13-9-5-2-6-10-13;1-9(2,3)8-6-4-5-7-8;/h13-17H,9-12H2,1-8H3;1-10H;6-7H,4H2,1-3H3;/q-1;;-1;+2. The van der Waals surface area contributed by atoms with Crippen LogP contribution in [0.4, 0.5) is 0 Å². The molecule has 0 amide bonds. The Morgan fingerprint density at radius 2 is 0.942 bits per heavy atom. The monoisotopic (exact) mass is 778 g/mol. The van der Waals surface area contributed by atoms with Gasteiger partial charge >= 0.3 is 99.2 Å². The molecule has 5 aromatic carbocycles. The Balaban J connectivity index is 0.000000166. The van der Waals surface area contributed by atoms with Crippen molar-refractivity contribution in [1.29, 1.82) is 0 Å². The molecule has 0 spiro atoms. The van der Waals surface area contributed by atoms with Crippen molar-refractivity contribution in [1.82, 2.24) is 0 Å². The molecule has 52 heavy (non-hydrogen) atoms. The Hall–Kier alpha value is -2.80. The molecule has 0 heterocycles. The molecule has 268 valence electrons. The number of benzene rings is 4. The van der Waals surface area contributed by atoms with E-state index in [0.717, 1.165) is 6.42 Å². The van der Waals surface area contributed by atoms with E-state index in [4.69, 9.17) is 0 Å². The summed E-state index contributed by atoms with van der Waals surface area (Å²) < 4.78 is 1.42. The van der Waals surface area contributed by atoms with E-state index in [1.54, 1.807) is 27.5 Å². The molecule has 0 fully saturated rings. The van der Waals surface area contributed by atoms with Crippen molar-refractivity contribution in [3.8, 4) is 0 Å². The van der Waals surface area contributed by atoms with Crippen LogP contribution in [0.15, 0.2) is 108 Å². The summed E-state index contributed by atoms with van der Waals surface area (Å²) in [6, 6.07) is 33.7. The summed E-state index contributed by atoms with van der Waals surface area (Å²) >= 11 is 1.46. The molecule has 0 atom stereocenters. The van der Waals surface area contributed by atoms with Crippen molar-refractivity contribution in [3.63, 3.8) is 0 Å². The molecule has 3 aliphatic carbocycles. The predicted molar refractivity (Wildman–Crippen MR) is 228 cm³/mol. The number of hydrogen-bond donors (Lipinski definition) is 0. The normalized spacial score (nSPS) is 19.1. The summed E-state index contributed by atoms with van der Waals surface area (Å²) in [6.07, 6.45) is 13.8. The fourth-order valence-corrected chi connectivity index (χ4v) is 10.5. The molecule has 0 saturated carbocycles. The van der Waals surface area contributed by atoms with Crippen LogP contribution < -0.4 is 0 Å². The molecule has 0 bridgehead atoms. The van der Waals surface area contributed by atoms with Gasteiger partial charge in [-0.2, -0.15) is 6.08 Å². The second kappa shape index (κ2) is 14.5. The Bertz CT molecular complexity index is 2010. The summed E-state index contributed by atoms with van der Waals surface area (Å²) in [4.78, 5) is 0. The fraction of sp³-hybridized carbons (Fsp3) is 0.400. The summed E-state index contributed by atoms with van der Waals surface area (Å²) in [5.74, 6) is 0. The van der Waals surface area contributed by atoms with E-state index in [9.17, 15) is 0 Å². The quantitative estimate of drug-likeness (QED) is 0.126. The van der Waals surface area contributed by atoms with E-state index < -0.39 is 8.07 Å². The Kier molecular flexibility index (Phi) is 10.8. The third kappa shape index (κ3) is 8.00. The van der Waals surface area contributed by atoms with Crippen molar-refractivity contribution in [2.45, 2.75) is 129 Å². The average molecular weight is 780 g/mol. The zero-order chi connectivity index (χ0) is 37.7. The first kappa shape index (κ1) is 38.9. The van der Waals surface area contributed by atoms with Gasteiger partial charge in [-0.15, -0.1) is 46.2 Å². The summed E-state index contributed by atoms with van der Waals surface area (Å²) in [5.41, 5.74) is 10.0. The van der Waals surface area contributed by atoms with Gasteiger partial charge in [0, 0.05) is 0 Å². The van der Waals surface area contributed by atoms with Crippen LogP contribution in [-0.2, 0) is 45.9 Å². The molecule has 0 N–H and O–H groups in total. The molecule has 3 aliphatic rings. The van der Waals surface area contributed by atoms with Crippen LogP contribution >= 0.6 is 0 Å². The van der Waals surface area contributed by atoms with Crippen LogP contribution in [0.25, 0.3) is 21.5 Å². The number of fused-ring (bicyclic) bond motifs is 5. The van der Waals surface area contributed by atoms with Gasteiger partial charge in [-0.1, -0.05) is 109 Å². The van der Waals surface area contributed by atoms with E-state index in [0.29, 0.717) is 0 Å². The van der Waals surface area contributed by atoms with E-state index >= 15 is 0 Å². The zero-order valence-electron chi connectivity index (χ0n) is 33.9. The van der Waals surface area contributed by atoms with E-state index in [1.807, 2.05) is 0 Å². The predicted octanol–water partition coefficient (Wildman–Crippen LogP) is 13.8. The van der Waals surface area contributed by atoms with Gasteiger partial charge in [0.1, 0.15) is 0 Å². The molecule has 5 aromatic rings. The minimum atomic E-state index is -0.981. The Morgan fingerprint density at radius 3 is 1.25 bits per heavy atom. The molecular weight excluding hydrogens is 720 g/mol. The molecule has 8 rings (SSSR count). The summed E-state index contributed by atoms with van der Waals surface area (Å²) in [7, 11) is -0.981. The van der Waals surface area contributed by atoms with Crippen molar-refractivity contribution in [3.05, 3.63) is 148 Å². The first-order valence-corrected chi connectivity index (χ1v) is 24.2. The second-order valence-corrected chi connectivity index (χ2v) is 25.5. The van der Waals surface area contributed by atoms with Gasteiger partial charge in [0.25, 0.3) is 0 Å². The fourth-order valence-electron chi connectivity index (χ4n) is 8.43. The molecule has 0 radical (unpaired) electrons. The number of allylic oxidation sites excluding steroid dienone is 4. The first-order chi connectivity index (χ1) is 24.3. The number of rotatable bonds is 3. The van der Waals surface area contributed by atoms with Gasteiger partial charge < -0.3 is 0 Å². The van der Waals surface area contributed by atoms with Crippen LogP contribution in [0.2, 0.25) is 19.6 Å². The van der Waals surface area contributed by atoms with Crippen molar-refractivity contribution < 1.29 is 24.2 Å². The Morgan fingerprint density at radius 1 is 0.577 bits per heavy atom. The maximum absolute atomic E-state index is 3.20. The maximum atomic E-state index is 3.20. The first-order valence-electron chi connectivity index (χ1n) is 19.5. The van der Waals surface area contributed by atoms with Gasteiger partial charge in [-0.25, -0.2) is 11.3 Å². The van der Waals surface area contributed by atoms with E-state index in [1.165, 1.54) is 85.8 Å². The van der Waals surface area contributed by atoms with Crippen LogP contribution in [0.5, 0.6) is 0 Å². The molecule has 2 heteroatoms. The molecular formula is C50H60SiZr. The van der Waals surface area contributed by atoms with Gasteiger partial charge in [-0.3, -0.25) is 6.08 Å². The molecule has 0 unspecified atom stereocenters. The minimum absolute atomic E-state index is 0.262. The van der Waals surface area contributed by atoms with Crippen LogP contribution in [0, 0.1) is 6.08 Å². The van der Waals surface area contributed by atoms with Crippen molar-refractivity contribution in [2.75, 3.05) is 0 Å². The topological polar surface area (TPSA) is 0 Å². The van der Waals surface area contributed by atoms with E-state index in [-0.39, 0.29) is 21.7 Å². The van der Waals surface area contributed by atoms with Crippen LogP contribution in [0.3, 0.4) is 0 Å². The van der Waals surface area contributed by atoms with Crippen LogP contribution in [-0.4, -0.2) is 11.3 Å². The third-order valence-corrected chi connectivity index (χ3v) is 15.8. The third-order valence-electron chi connectivity index (χ3n) is 12.3. The number of hydrogen-bond acceptors (Lipinski definition) is 0. The average Bonchev–Trinajstić information content (AvgIpc) is 3.78. The SMILES string of the molecule is CC1(C)CCC(C)(C)c2cc3c(cc21)[cH-]c1cc2c(cc13)C(C)(C)CCC2(C)C.C[Si](C)(C)C1=CC[C-]=C1.[Zr+2]=[C](c1ccccc1)c1ccccc1. The summed E-state index contributed by atoms with van der Waals surface area (Å²) in [6.45, 7) is 26.6. The van der Waals surface area contributed by atoms with Gasteiger partial charge in [0.15, 0.2) is 0 Å². The van der Waals surface area contributed by atoms with Crippen molar-refractivity contribution >= 4 is 32.8 Å². The molecule has 0 saturated heterocycles. The molecule has 0 nitrogen and oxygen atoms in total. The summed E-state index contributed by atoms with van der Waals surface area (Å²) in [5, 5.41) is 7.35. The van der Waals surface area contributed by atoms with Gasteiger partial charge in [0.05, 0.1) is 0 Å². The Labute approximate surface area is 331 Å². The van der Waals surface area contributed by atoms with Gasteiger partial charge in [-0.05, 0) is 55.4 Å².